The number of hydrogen-bond acceptors (Lipinski definition) is 5. The summed E-state index contributed by atoms with van der Waals surface area (Å²) < 4.78 is 2.18. The van der Waals surface area contributed by atoms with Gasteiger partial charge in [0.1, 0.15) is 11.9 Å². The molecule has 0 saturated carbocycles. The Balaban J connectivity index is 0.00000308. The van der Waals surface area contributed by atoms with E-state index in [0.717, 1.165) is 92.0 Å². The fraction of sp³-hybridized carbons (Fsp3) is 0.406. The van der Waals surface area contributed by atoms with E-state index in [1.165, 1.54) is 5.56 Å². The number of para-hydroxylation sites is 2. The topological polar surface area (TPSA) is 90.7 Å². The Morgan fingerprint density at radius 2 is 1.67 bits per heavy atom. The molecule has 2 aromatic heterocycles. The van der Waals surface area contributed by atoms with Crippen LogP contribution < -0.4 is 10.6 Å². The Bertz CT molecular complexity index is 1520. The van der Waals surface area contributed by atoms with Crippen LogP contribution in [0.25, 0.3) is 16.7 Å². The number of primary amides is 1. The van der Waals surface area contributed by atoms with Crippen LogP contribution in [0, 0.1) is 24.2 Å². The summed E-state index contributed by atoms with van der Waals surface area (Å²) in [7, 11) is 0. The molecule has 2 aromatic carbocycles. The van der Waals surface area contributed by atoms with E-state index >= 15 is 0 Å². The zero-order valence-corrected chi connectivity index (χ0v) is 21.9. The summed E-state index contributed by atoms with van der Waals surface area (Å²) in [4.78, 5) is 21.7. The van der Waals surface area contributed by atoms with Gasteiger partial charge in [0.2, 0.25) is 5.91 Å². The van der Waals surface area contributed by atoms with Crippen LogP contribution in [-0.4, -0.2) is 46.4 Å². The second kappa shape index (κ2) is 11.1. The molecule has 2 aliphatic rings. The standard InChI is InChI=1S/C31H34N6O.CH4/c1-21-28(23-11-15-35(16-12-23)20-22-7-3-2-4-8-22)25(19-32)30-34-26-9-5-6-10-27(26)37(30)31(21)36-17-13-24(14-18-36)29(33)38;/h2-10,23-24H,11-18,20H2,1H3,(H2,33,38);1H4. The molecule has 2 fully saturated rings. The van der Waals surface area contributed by atoms with E-state index in [4.69, 9.17) is 10.7 Å². The Labute approximate surface area is 230 Å². The summed E-state index contributed by atoms with van der Waals surface area (Å²) in [6.07, 6.45) is 3.52. The van der Waals surface area contributed by atoms with Crippen molar-refractivity contribution in [2.75, 3.05) is 31.1 Å². The minimum absolute atomic E-state index is 0. The fourth-order valence-electron chi connectivity index (χ4n) is 6.60. The molecule has 0 atom stereocenters. The number of aromatic nitrogens is 2. The summed E-state index contributed by atoms with van der Waals surface area (Å²) in [5.41, 5.74) is 12.6. The number of likely N-dealkylation sites (tertiary alicyclic amines) is 1. The molecule has 2 N–H and O–H groups in total. The minimum Gasteiger partial charge on any atom is -0.369 e. The lowest BCUT2D eigenvalue weighted by atomic mass is 9.84. The van der Waals surface area contributed by atoms with Gasteiger partial charge >= 0.3 is 0 Å². The van der Waals surface area contributed by atoms with E-state index in [1.807, 2.05) is 18.2 Å². The molecular formula is C32H38N6O. The summed E-state index contributed by atoms with van der Waals surface area (Å²) in [5.74, 6) is 1.14. The molecule has 7 nitrogen and oxygen atoms in total. The van der Waals surface area contributed by atoms with Crippen molar-refractivity contribution >= 4 is 28.4 Å². The highest BCUT2D eigenvalue weighted by Crippen LogP contribution is 2.41. The van der Waals surface area contributed by atoms with Gasteiger partial charge in [-0.1, -0.05) is 49.9 Å². The highest BCUT2D eigenvalue weighted by atomic mass is 16.1. The van der Waals surface area contributed by atoms with Crippen LogP contribution in [0.15, 0.2) is 54.6 Å². The van der Waals surface area contributed by atoms with Crippen molar-refractivity contribution in [3.8, 4) is 6.07 Å². The number of nitrogens with zero attached hydrogens (tertiary/aromatic N) is 5. The van der Waals surface area contributed by atoms with Gasteiger partial charge in [0.25, 0.3) is 0 Å². The van der Waals surface area contributed by atoms with Crippen LogP contribution in [0.2, 0.25) is 0 Å². The van der Waals surface area contributed by atoms with Gasteiger partial charge in [0.15, 0.2) is 5.65 Å². The molecule has 7 heteroatoms. The van der Waals surface area contributed by atoms with Gasteiger partial charge in [0.05, 0.1) is 16.6 Å². The highest BCUT2D eigenvalue weighted by Gasteiger charge is 2.32. The number of benzene rings is 2. The van der Waals surface area contributed by atoms with E-state index in [0.29, 0.717) is 11.5 Å². The summed E-state index contributed by atoms with van der Waals surface area (Å²) in [5, 5.41) is 10.5. The molecular weight excluding hydrogens is 484 g/mol. The maximum Gasteiger partial charge on any atom is 0.220 e. The molecule has 0 aliphatic carbocycles. The smallest absolute Gasteiger partial charge is 0.220 e. The number of fused-ring (bicyclic) bond motifs is 3. The number of carbonyl (C=O) groups excluding carboxylic acids is 1. The lowest BCUT2D eigenvalue weighted by Crippen LogP contribution is -2.40. The molecule has 4 heterocycles. The number of piperidine rings is 2. The zero-order valence-electron chi connectivity index (χ0n) is 21.9. The quantitative estimate of drug-likeness (QED) is 0.380. The lowest BCUT2D eigenvalue weighted by molar-refractivity contribution is -0.122. The van der Waals surface area contributed by atoms with Crippen molar-refractivity contribution < 1.29 is 4.79 Å². The predicted molar refractivity (Wildman–Crippen MR) is 157 cm³/mol. The number of nitrogens with two attached hydrogens (primary N) is 1. The molecule has 2 aliphatic heterocycles. The first-order valence-corrected chi connectivity index (χ1v) is 13.7. The number of carbonyl (C=O) groups is 1. The zero-order chi connectivity index (χ0) is 26.2. The SMILES string of the molecule is C.Cc1c(C2CCN(Cc3ccccc3)CC2)c(C#N)c2nc3ccccc3n2c1N1CCC(C(N)=O)CC1. The Morgan fingerprint density at radius 1 is 1.00 bits per heavy atom. The fourth-order valence-corrected chi connectivity index (χ4v) is 6.60. The largest absolute Gasteiger partial charge is 0.369 e. The van der Waals surface area contributed by atoms with Crippen molar-refractivity contribution in [1.82, 2.24) is 14.3 Å². The van der Waals surface area contributed by atoms with Crippen LogP contribution >= 0.6 is 0 Å². The van der Waals surface area contributed by atoms with Crippen LogP contribution in [0.5, 0.6) is 0 Å². The maximum atomic E-state index is 11.8. The molecule has 0 bridgehead atoms. The number of pyridine rings is 1. The van der Waals surface area contributed by atoms with Gasteiger partial charge < -0.3 is 10.6 Å². The van der Waals surface area contributed by atoms with Gasteiger partial charge in [-0.3, -0.25) is 14.1 Å². The molecule has 6 rings (SSSR count). The third-order valence-electron chi connectivity index (χ3n) is 8.56. The average Bonchev–Trinajstić information content (AvgIpc) is 3.33. The van der Waals surface area contributed by atoms with E-state index in [9.17, 15) is 10.1 Å². The molecule has 202 valence electrons. The molecule has 4 aromatic rings. The van der Waals surface area contributed by atoms with Gasteiger partial charge in [-0.25, -0.2) is 4.98 Å². The van der Waals surface area contributed by atoms with E-state index < -0.39 is 0 Å². The monoisotopic (exact) mass is 522 g/mol. The molecule has 0 spiro atoms. The number of anilines is 1. The lowest BCUT2D eigenvalue weighted by Gasteiger charge is -2.37. The molecule has 0 radical (unpaired) electrons. The molecule has 2 saturated heterocycles. The van der Waals surface area contributed by atoms with Crippen molar-refractivity contribution in [2.45, 2.75) is 52.5 Å². The average molecular weight is 523 g/mol. The maximum absolute atomic E-state index is 11.8. The van der Waals surface area contributed by atoms with Gasteiger partial charge in [-0.05, 0) is 80.4 Å². The number of nitriles is 1. The van der Waals surface area contributed by atoms with E-state index in [-0.39, 0.29) is 19.3 Å². The van der Waals surface area contributed by atoms with E-state index in [1.54, 1.807) is 0 Å². The first-order chi connectivity index (χ1) is 18.5. The van der Waals surface area contributed by atoms with Crippen molar-refractivity contribution in [2.24, 2.45) is 11.7 Å². The Kier molecular flexibility index (Phi) is 7.58. The number of rotatable bonds is 5. The molecule has 39 heavy (non-hydrogen) atoms. The van der Waals surface area contributed by atoms with Gasteiger partial charge in [-0.15, -0.1) is 0 Å². The highest BCUT2D eigenvalue weighted by molar-refractivity contribution is 5.86. The summed E-state index contributed by atoms with van der Waals surface area (Å²) in [6, 6.07) is 21.3. The first-order valence-electron chi connectivity index (χ1n) is 13.7. The third kappa shape index (κ3) is 4.86. The molecule has 0 unspecified atom stereocenters. The van der Waals surface area contributed by atoms with Crippen molar-refractivity contribution in [3.63, 3.8) is 0 Å². The summed E-state index contributed by atoms with van der Waals surface area (Å²) in [6.45, 7) is 6.67. The second-order valence-corrected chi connectivity index (χ2v) is 10.8. The minimum atomic E-state index is -0.206. The van der Waals surface area contributed by atoms with Crippen molar-refractivity contribution in [3.05, 3.63) is 76.9 Å². The van der Waals surface area contributed by atoms with Gasteiger partial charge in [0, 0.05) is 25.6 Å². The van der Waals surface area contributed by atoms with E-state index in [2.05, 4.69) is 63.6 Å². The second-order valence-electron chi connectivity index (χ2n) is 10.8. The van der Waals surface area contributed by atoms with Crippen LogP contribution in [0.3, 0.4) is 0 Å². The number of amides is 1. The van der Waals surface area contributed by atoms with Crippen LogP contribution in [0.4, 0.5) is 5.82 Å². The third-order valence-corrected chi connectivity index (χ3v) is 8.56. The summed E-state index contributed by atoms with van der Waals surface area (Å²) >= 11 is 0. The van der Waals surface area contributed by atoms with Crippen LogP contribution in [-0.2, 0) is 11.3 Å². The normalized spacial score (nSPS) is 17.3. The number of imidazole rings is 1. The van der Waals surface area contributed by atoms with Gasteiger partial charge in [-0.2, -0.15) is 5.26 Å². The first kappa shape index (κ1) is 26.7. The Morgan fingerprint density at radius 3 is 2.33 bits per heavy atom. The number of hydrogen-bond donors (Lipinski definition) is 1. The Hall–Kier alpha value is -3.89. The predicted octanol–water partition coefficient (Wildman–Crippen LogP) is 5.39. The van der Waals surface area contributed by atoms with Crippen molar-refractivity contribution in [1.29, 1.82) is 5.26 Å². The van der Waals surface area contributed by atoms with Crippen LogP contribution in [0.1, 0.15) is 61.3 Å². The molecule has 1 amide bonds.